The summed E-state index contributed by atoms with van der Waals surface area (Å²) in [5, 5.41) is 3.57. The van der Waals surface area contributed by atoms with Crippen LogP contribution in [0.3, 0.4) is 0 Å². The summed E-state index contributed by atoms with van der Waals surface area (Å²) in [6, 6.07) is 6.68. The minimum atomic E-state index is 0.262. The van der Waals surface area contributed by atoms with Crippen LogP contribution >= 0.6 is 0 Å². The van der Waals surface area contributed by atoms with E-state index in [0.717, 1.165) is 11.5 Å². The third-order valence-electron chi connectivity index (χ3n) is 3.23. The summed E-state index contributed by atoms with van der Waals surface area (Å²) in [5.74, 6) is 1.95. The molecular weight excluding hydrogens is 224 g/mol. The summed E-state index contributed by atoms with van der Waals surface area (Å²) in [6.45, 7) is 8.29. The summed E-state index contributed by atoms with van der Waals surface area (Å²) < 4.78 is 5.57. The molecule has 18 heavy (non-hydrogen) atoms. The fourth-order valence-electron chi connectivity index (χ4n) is 2.27. The van der Waals surface area contributed by atoms with Gasteiger partial charge in [0.2, 0.25) is 0 Å². The van der Waals surface area contributed by atoms with Crippen molar-refractivity contribution in [3.05, 3.63) is 53.2 Å². The van der Waals surface area contributed by atoms with Gasteiger partial charge in [-0.1, -0.05) is 6.07 Å². The zero-order chi connectivity index (χ0) is 13.1. The average molecular weight is 244 g/mol. The third-order valence-corrected chi connectivity index (χ3v) is 3.23. The van der Waals surface area contributed by atoms with Crippen LogP contribution in [-0.2, 0) is 0 Å². The van der Waals surface area contributed by atoms with Gasteiger partial charge in [-0.05, 0) is 45.4 Å². The molecule has 0 aliphatic carbocycles. The topological polar surface area (TPSA) is 38.1 Å². The Balaban J connectivity index is 2.08. The SMILES string of the molecule is Cc1cc(C(C)N[C@@H](C)c2cccnc2)c(C)o1. The van der Waals surface area contributed by atoms with Gasteiger partial charge in [0, 0.05) is 30.0 Å². The van der Waals surface area contributed by atoms with Gasteiger partial charge in [-0.25, -0.2) is 0 Å². The number of nitrogens with zero attached hydrogens (tertiary/aromatic N) is 1. The summed E-state index contributed by atoms with van der Waals surface area (Å²) in [6.07, 6.45) is 3.70. The van der Waals surface area contributed by atoms with E-state index in [9.17, 15) is 0 Å². The molecule has 2 aromatic rings. The molecule has 0 saturated carbocycles. The Kier molecular flexibility index (Phi) is 3.82. The highest BCUT2D eigenvalue weighted by molar-refractivity contribution is 5.24. The van der Waals surface area contributed by atoms with Gasteiger partial charge in [0.15, 0.2) is 0 Å². The highest BCUT2D eigenvalue weighted by atomic mass is 16.3. The first-order valence-electron chi connectivity index (χ1n) is 6.31. The molecule has 3 nitrogen and oxygen atoms in total. The molecule has 0 amide bonds. The number of rotatable bonds is 4. The monoisotopic (exact) mass is 244 g/mol. The van der Waals surface area contributed by atoms with Crippen LogP contribution in [0.1, 0.15) is 48.6 Å². The maximum absolute atomic E-state index is 5.57. The smallest absolute Gasteiger partial charge is 0.105 e. The Bertz CT molecular complexity index is 504. The molecule has 0 aliphatic heterocycles. The molecule has 2 atom stereocenters. The Hall–Kier alpha value is -1.61. The van der Waals surface area contributed by atoms with E-state index >= 15 is 0 Å². The van der Waals surface area contributed by atoms with Crippen molar-refractivity contribution in [2.75, 3.05) is 0 Å². The minimum absolute atomic E-state index is 0.262. The van der Waals surface area contributed by atoms with Crippen molar-refractivity contribution in [2.24, 2.45) is 0 Å². The van der Waals surface area contributed by atoms with Crippen LogP contribution in [-0.4, -0.2) is 4.98 Å². The molecule has 3 heteroatoms. The number of pyridine rings is 1. The van der Waals surface area contributed by atoms with Crippen molar-refractivity contribution in [1.82, 2.24) is 10.3 Å². The van der Waals surface area contributed by atoms with Crippen molar-refractivity contribution in [1.29, 1.82) is 0 Å². The second-order valence-corrected chi connectivity index (χ2v) is 4.76. The molecular formula is C15H20N2O. The fourth-order valence-corrected chi connectivity index (χ4v) is 2.27. The molecule has 2 aromatic heterocycles. The van der Waals surface area contributed by atoms with Gasteiger partial charge in [0.1, 0.15) is 11.5 Å². The van der Waals surface area contributed by atoms with Crippen LogP contribution in [0, 0.1) is 13.8 Å². The van der Waals surface area contributed by atoms with Gasteiger partial charge in [-0.15, -0.1) is 0 Å². The maximum Gasteiger partial charge on any atom is 0.105 e. The van der Waals surface area contributed by atoms with Gasteiger partial charge >= 0.3 is 0 Å². The van der Waals surface area contributed by atoms with Crippen LogP contribution in [0.2, 0.25) is 0 Å². The summed E-state index contributed by atoms with van der Waals surface area (Å²) in [7, 11) is 0. The highest BCUT2D eigenvalue weighted by Gasteiger charge is 2.15. The molecule has 0 radical (unpaired) electrons. The van der Waals surface area contributed by atoms with E-state index in [4.69, 9.17) is 4.42 Å². The standard InChI is InChI=1S/C15H20N2O/c1-10-8-15(13(4)18-10)12(3)17-11(2)14-6-5-7-16-9-14/h5-9,11-12,17H,1-4H3/t11-,12?/m0/s1. The zero-order valence-corrected chi connectivity index (χ0v) is 11.4. The largest absolute Gasteiger partial charge is 0.466 e. The van der Waals surface area contributed by atoms with Crippen molar-refractivity contribution < 1.29 is 4.42 Å². The Labute approximate surface area is 108 Å². The van der Waals surface area contributed by atoms with Crippen molar-refractivity contribution in [3.8, 4) is 0 Å². The lowest BCUT2D eigenvalue weighted by molar-refractivity contribution is 0.468. The van der Waals surface area contributed by atoms with E-state index in [1.807, 2.05) is 26.1 Å². The maximum atomic E-state index is 5.57. The minimum Gasteiger partial charge on any atom is -0.466 e. The van der Waals surface area contributed by atoms with E-state index < -0.39 is 0 Å². The highest BCUT2D eigenvalue weighted by Crippen LogP contribution is 2.24. The number of hydrogen-bond donors (Lipinski definition) is 1. The van der Waals surface area contributed by atoms with E-state index in [0.29, 0.717) is 0 Å². The van der Waals surface area contributed by atoms with Gasteiger partial charge in [0.25, 0.3) is 0 Å². The second-order valence-electron chi connectivity index (χ2n) is 4.76. The predicted molar refractivity (Wildman–Crippen MR) is 72.4 cm³/mol. The molecule has 2 rings (SSSR count). The summed E-state index contributed by atoms with van der Waals surface area (Å²) in [4.78, 5) is 4.15. The Morgan fingerprint density at radius 2 is 2.00 bits per heavy atom. The average Bonchev–Trinajstić information content (AvgIpc) is 2.69. The zero-order valence-electron chi connectivity index (χ0n) is 11.4. The van der Waals surface area contributed by atoms with Gasteiger partial charge in [-0.3, -0.25) is 4.98 Å². The normalized spacial score (nSPS) is 14.4. The summed E-state index contributed by atoms with van der Waals surface area (Å²) >= 11 is 0. The lowest BCUT2D eigenvalue weighted by Crippen LogP contribution is -2.22. The molecule has 0 fully saturated rings. The molecule has 1 unspecified atom stereocenters. The van der Waals surface area contributed by atoms with Gasteiger partial charge in [0.05, 0.1) is 0 Å². The Morgan fingerprint density at radius 1 is 1.22 bits per heavy atom. The van der Waals surface area contributed by atoms with Crippen LogP contribution in [0.15, 0.2) is 35.0 Å². The number of aromatic nitrogens is 1. The number of nitrogens with one attached hydrogen (secondary N) is 1. The summed E-state index contributed by atoms with van der Waals surface area (Å²) in [5.41, 5.74) is 2.42. The Morgan fingerprint density at radius 3 is 2.56 bits per heavy atom. The van der Waals surface area contributed by atoms with E-state index in [2.05, 4.69) is 36.3 Å². The van der Waals surface area contributed by atoms with Gasteiger partial charge in [-0.2, -0.15) is 0 Å². The number of hydrogen-bond acceptors (Lipinski definition) is 3. The third kappa shape index (κ3) is 2.79. The van der Waals surface area contributed by atoms with Gasteiger partial charge < -0.3 is 9.73 Å². The van der Waals surface area contributed by atoms with Crippen LogP contribution < -0.4 is 5.32 Å². The van der Waals surface area contributed by atoms with Crippen molar-refractivity contribution in [2.45, 2.75) is 39.8 Å². The molecule has 0 bridgehead atoms. The molecule has 0 aromatic carbocycles. The van der Waals surface area contributed by atoms with Crippen LogP contribution in [0.4, 0.5) is 0 Å². The lowest BCUT2D eigenvalue weighted by atomic mass is 10.1. The first-order valence-corrected chi connectivity index (χ1v) is 6.31. The van der Waals surface area contributed by atoms with Crippen molar-refractivity contribution >= 4 is 0 Å². The molecule has 1 N–H and O–H groups in total. The fraction of sp³-hybridized carbons (Fsp3) is 0.400. The first kappa shape index (κ1) is 12.8. The van der Waals surface area contributed by atoms with E-state index in [1.54, 1.807) is 6.20 Å². The quantitative estimate of drug-likeness (QED) is 0.891. The molecule has 0 spiro atoms. The molecule has 96 valence electrons. The molecule has 0 aliphatic rings. The molecule has 2 heterocycles. The number of aryl methyl sites for hydroxylation is 2. The van der Waals surface area contributed by atoms with Crippen molar-refractivity contribution in [3.63, 3.8) is 0 Å². The van der Waals surface area contributed by atoms with E-state index in [1.165, 1.54) is 11.1 Å². The second kappa shape index (κ2) is 5.36. The number of furan rings is 1. The predicted octanol–water partition coefficient (Wildman–Crippen LogP) is 3.70. The van der Waals surface area contributed by atoms with E-state index in [-0.39, 0.29) is 12.1 Å². The molecule has 0 saturated heterocycles. The first-order chi connectivity index (χ1) is 8.58. The lowest BCUT2D eigenvalue weighted by Gasteiger charge is -2.19. The van der Waals surface area contributed by atoms with Crippen LogP contribution in [0.25, 0.3) is 0 Å². The van der Waals surface area contributed by atoms with Crippen LogP contribution in [0.5, 0.6) is 0 Å².